The van der Waals surface area contributed by atoms with Gasteiger partial charge in [-0.3, -0.25) is 0 Å². The zero-order chi connectivity index (χ0) is 15.4. The van der Waals surface area contributed by atoms with E-state index in [-0.39, 0.29) is 11.8 Å². The number of hydrogen-bond donors (Lipinski definition) is 1. The van der Waals surface area contributed by atoms with E-state index >= 15 is 0 Å². The van der Waals surface area contributed by atoms with Crippen molar-refractivity contribution in [3.05, 3.63) is 58.6 Å². The molecule has 0 bridgehead atoms. The molecule has 0 saturated heterocycles. The average molecular weight is 312 g/mol. The van der Waals surface area contributed by atoms with Crippen LogP contribution in [0.15, 0.2) is 36.4 Å². The van der Waals surface area contributed by atoms with Crippen LogP contribution in [0.25, 0.3) is 0 Å². The van der Waals surface area contributed by atoms with Gasteiger partial charge in [0.15, 0.2) is 0 Å². The van der Waals surface area contributed by atoms with Gasteiger partial charge in [0.2, 0.25) is 0 Å². The van der Waals surface area contributed by atoms with Crippen LogP contribution in [0.2, 0.25) is 5.02 Å². The van der Waals surface area contributed by atoms with Crippen molar-refractivity contribution in [1.29, 1.82) is 0 Å². The van der Waals surface area contributed by atoms with E-state index in [0.717, 1.165) is 30.3 Å². The van der Waals surface area contributed by atoms with Gasteiger partial charge >= 0.3 is 0 Å². The summed E-state index contributed by atoms with van der Waals surface area (Å²) < 4.78 is 31.7. The minimum Gasteiger partial charge on any atom is -0.456 e. The van der Waals surface area contributed by atoms with Gasteiger partial charge in [0.05, 0.1) is 5.02 Å². The Bertz CT molecular complexity index is 613. The van der Waals surface area contributed by atoms with Gasteiger partial charge in [-0.15, -0.1) is 0 Å². The van der Waals surface area contributed by atoms with Gasteiger partial charge in [-0.25, -0.2) is 8.78 Å². The molecule has 112 valence electrons. The Morgan fingerprint density at radius 2 is 1.81 bits per heavy atom. The van der Waals surface area contributed by atoms with Crippen LogP contribution in [0.5, 0.6) is 11.5 Å². The molecule has 21 heavy (non-hydrogen) atoms. The monoisotopic (exact) mass is 311 g/mol. The standard InChI is InChI=1S/C16H16ClF2NO/c1-3-20-10(2)11-4-5-16(15(17)6-11)21-14-8-12(18)7-13(19)9-14/h4-10,20H,3H2,1-2H3. The van der Waals surface area contributed by atoms with Crippen LogP contribution in [0.1, 0.15) is 25.5 Å². The molecule has 1 N–H and O–H groups in total. The third kappa shape index (κ3) is 4.16. The van der Waals surface area contributed by atoms with Crippen molar-refractivity contribution in [2.45, 2.75) is 19.9 Å². The van der Waals surface area contributed by atoms with E-state index in [1.54, 1.807) is 12.1 Å². The summed E-state index contributed by atoms with van der Waals surface area (Å²) in [5.74, 6) is -0.965. The van der Waals surface area contributed by atoms with E-state index in [1.807, 2.05) is 19.9 Å². The minimum absolute atomic E-state index is 0.0712. The van der Waals surface area contributed by atoms with Crippen LogP contribution in [0, 0.1) is 11.6 Å². The van der Waals surface area contributed by atoms with E-state index in [4.69, 9.17) is 16.3 Å². The fraction of sp³-hybridized carbons (Fsp3) is 0.250. The van der Waals surface area contributed by atoms with Gasteiger partial charge < -0.3 is 10.1 Å². The highest BCUT2D eigenvalue weighted by Crippen LogP contribution is 2.32. The number of halogens is 3. The summed E-state index contributed by atoms with van der Waals surface area (Å²) in [4.78, 5) is 0. The maximum absolute atomic E-state index is 13.1. The second-order valence-corrected chi connectivity index (χ2v) is 5.08. The molecule has 5 heteroatoms. The molecule has 0 spiro atoms. The molecule has 0 saturated carbocycles. The molecule has 0 aliphatic rings. The molecule has 2 rings (SSSR count). The average Bonchev–Trinajstić information content (AvgIpc) is 2.40. The summed E-state index contributed by atoms with van der Waals surface area (Å²) >= 11 is 6.16. The van der Waals surface area contributed by atoms with Crippen molar-refractivity contribution in [2.24, 2.45) is 0 Å². The molecule has 0 radical (unpaired) electrons. The summed E-state index contributed by atoms with van der Waals surface area (Å²) in [7, 11) is 0. The SMILES string of the molecule is CCNC(C)c1ccc(Oc2cc(F)cc(F)c2)c(Cl)c1. The first-order valence-corrected chi connectivity index (χ1v) is 7.04. The predicted octanol–water partition coefficient (Wildman–Crippen LogP) is 5.08. The number of benzene rings is 2. The lowest BCUT2D eigenvalue weighted by atomic mass is 10.1. The van der Waals surface area contributed by atoms with Gasteiger partial charge in [0.1, 0.15) is 23.1 Å². The van der Waals surface area contributed by atoms with Crippen LogP contribution in [-0.4, -0.2) is 6.54 Å². The highest BCUT2D eigenvalue weighted by atomic mass is 35.5. The van der Waals surface area contributed by atoms with Crippen molar-refractivity contribution in [2.75, 3.05) is 6.54 Å². The quantitative estimate of drug-likeness (QED) is 0.831. The second kappa shape index (κ2) is 6.87. The molecule has 1 unspecified atom stereocenters. The summed E-state index contributed by atoms with van der Waals surface area (Å²) in [5.41, 5.74) is 1.01. The van der Waals surface area contributed by atoms with Gasteiger partial charge in [-0.2, -0.15) is 0 Å². The highest BCUT2D eigenvalue weighted by Gasteiger charge is 2.10. The van der Waals surface area contributed by atoms with Crippen LogP contribution < -0.4 is 10.1 Å². The Hall–Kier alpha value is -1.65. The lowest BCUT2D eigenvalue weighted by Gasteiger charge is -2.15. The first kappa shape index (κ1) is 15.7. The van der Waals surface area contributed by atoms with Crippen molar-refractivity contribution in [1.82, 2.24) is 5.32 Å². The third-order valence-corrected chi connectivity index (χ3v) is 3.33. The predicted molar refractivity (Wildman–Crippen MR) is 80.0 cm³/mol. The topological polar surface area (TPSA) is 21.3 Å². The van der Waals surface area contributed by atoms with E-state index in [0.29, 0.717) is 10.8 Å². The molecule has 0 aromatic heterocycles. The zero-order valence-corrected chi connectivity index (χ0v) is 12.5. The molecule has 2 nitrogen and oxygen atoms in total. The van der Waals surface area contributed by atoms with Crippen LogP contribution >= 0.6 is 11.6 Å². The molecule has 2 aromatic carbocycles. The first-order valence-electron chi connectivity index (χ1n) is 6.66. The van der Waals surface area contributed by atoms with E-state index in [1.165, 1.54) is 0 Å². The fourth-order valence-corrected chi connectivity index (χ4v) is 2.24. The molecule has 1 atom stereocenters. The van der Waals surface area contributed by atoms with Crippen molar-refractivity contribution in [3.63, 3.8) is 0 Å². The molecular weight excluding hydrogens is 296 g/mol. The normalized spacial score (nSPS) is 12.2. The smallest absolute Gasteiger partial charge is 0.146 e. The summed E-state index contributed by atoms with van der Waals surface area (Å²) in [6.07, 6.45) is 0. The molecule has 0 aliphatic heterocycles. The maximum atomic E-state index is 13.1. The second-order valence-electron chi connectivity index (χ2n) is 4.68. The van der Waals surface area contributed by atoms with Gasteiger partial charge in [-0.05, 0) is 31.2 Å². The van der Waals surface area contributed by atoms with Crippen molar-refractivity contribution >= 4 is 11.6 Å². The Morgan fingerprint density at radius 1 is 1.14 bits per heavy atom. The fourth-order valence-electron chi connectivity index (χ4n) is 2.01. The Balaban J connectivity index is 2.21. The molecule has 2 aromatic rings. The number of ether oxygens (including phenoxy) is 1. The molecule has 0 fully saturated rings. The molecule has 0 amide bonds. The Kier molecular flexibility index (Phi) is 5.15. The third-order valence-electron chi connectivity index (χ3n) is 3.03. The number of hydrogen-bond acceptors (Lipinski definition) is 2. The highest BCUT2D eigenvalue weighted by molar-refractivity contribution is 6.32. The lowest BCUT2D eigenvalue weighted by Crippen LogP contribution is -2.17. The zero-order valence-electron chi connectivity index (χ0n) is 11.8. The van der Waals surface area contributed by atoms with E-state index < -0.39 is 11.6 Å². The van der Waals surface area contributed by atoms with Crippen LogP contribution in [0.4, 0.5) is 8.78 Å². The molecule has 0 aliphatic carbocycles. The summed E-state index contributed by atoms with van der Waals surface area (Å²) in [6, 6.07) is 8.49. The summed E-state index contributed by atoms with van der Waals surface area (Å²) in [6.45, 7) is 4.89. The van der Waals surface area contributed by atoms with Gasteiger partial charge in [-0.1, -0.05) is 24.6 Å². The first-order chi connectivity index (χ1) is 9.99. The van der Waals surface area contributed by atoms with Gasteiger partial charge in [0.25, 0.3) is 0 Å². The maximum Gasteiger partial charge on any atom is 0.146 e. The van der Waals surface area contributed by atoms with Gasteiger partial charge in [0, 0.05) is 24.2 Å². The van der Waals surface area contributed by atoms with Crippen molar-refractivity contribution < 1.29 is 13.5 Å². The number of nitrogens with one attached hydrogen (secondary N) is 1. The molecule has 0 heterocycles. The van der Waals surface area contributed by atoms with Crippen LogP contribution in [0.3, 0.4) is 0 Å². The Labute approximate surface area is 127 Å². The molecular formula is C16H16ClF2NO. The van der Waals surface area contributed by atoms with Crippen molar-refractivity contribution in [3.8, 4) is 11.5 Å². The Morgan fingerprint density at radius 3 is 2.38 bits per heavy atom. The van der Waals surface area contributed by atoms with E-state index in [9.17, 15) is 8.78 Å². The van der Waals surface area contributed by atoms with E-state index in [2.05, 4.69) is 5.32 Å². The number of rotatable bonds is 5. The summed E-state index contributed by atoms with van der Waals surface area (Å²) in [5, 5.41) is 3.67. The lowest BCUT2D eigenvalue weighted by molar-refractivity contribution is 0.468. The van der Waals surface area contributed by atoms with Crippen LogP contribution in [-0.2, 0) is 0 Å². The largest absolute Gasteiger partial charge is 0.456 e. The minimum atomic E-state index is -0.696.